The Balaban J connectivity index is 1.85. The molecule has 128 valence electrons. The highest BCUT2D eigenvalue weighted by molar-refractivity contribution is 5.94. The molecule has 2 aromatic heterocycles. The number of amides is 1. The number of hydrogen-bond donors (Lipinski definition) is 1. The van der Waals surface area contributed by atoms with Crippen LogP contribution in [0.1, 0.15) is 28.7 Å². The fraction of sp³-hybridized carbons (Fsp3) is 0.222. The van der Waals surface area contributed by atoms with E-state index >= 15 is 0 Å². The van der Waals surface area contributed by atoms with Crippen molar-refractivity contribution in [2.45, 2.75) is 19.9 Å². The van der Waals surface area contributed by atoms with Crippen LogP contribution in [0.5, 0.6) is 5.75 Å². The molecule has 7 nitrogen and oxygen atoms in total. The van der Waals surface area contributed by atoms with E-state index in [0.717, 1.165) is 17.7 Å². The zero-order valence-electron chi connectivity index (χ0n) is 14.1. The van der Waals surface area contributed by atoms with E-state index in [1.165, 1.54) is 15.8 Å². The van der Waals surface area contributed by atoms with Crippen LogP contribution in [0, 0.1) is 0 Å². The van der Waals surface area contributed by atoms with Gasteiger partial charge in [-0.15, -0.1) is 0 Å². The maximum absolute atomic E-state index is 12.6. The number of hydrogen-bond acceptors (Lipinski definition) is 5. The third-order valence-corrected chi connectivity index (χ3v) is 3.88. The van der Waals surface area contributed by atoms with Gasteiger partial charge >= 0.3 is 0 Å². The Bertz CT molecular complexity index is 876. The molecule has 3 rings (SSSR count). The van der Waals surface area contributed by atoms with Gasteiger partial charge < -0.3 is 10.0 Å². The van der Waals surface area contributed by atoms with E-state index in [9.17, 15) is 9.90 Å². The number of aromatic hydroxyl groups is 1. The lowest BCUT2D eigenvalue weighted by Gasteiger charge is -2.15. The van der Waals surface area contributed by atoms with Crippen molar-refractivity contribution < 1.29 is 9.90 Å². The van der Waals surface area contributed by atoms with E-state index in [0.29, 0.717) is 5.69 Å². The molecule has 7 heteroatoms. The van der Waals surface area contributed by atoms with Crippen LogP contribution in [0.2, 0.25) is 0 Å². The van der Waals surface area contributed by atoms with Gasteiger partial charge in [0.15, 0.2) is 11.4 Å². The Labute approximate surface area is 145 Å². The van der Waals surface area contributed by atoms with Crippen molar-refractivity contribution in [1.82, 2.24) is 24.6 Å². The van der Waals surface area contributed by atoms with Crippen LogP contribution < -0.4 is 0 Å². The maximum atomic E-state index is 12.6. The van der Waals surface area contributed by atoms with Gasteiger partial charge in [0.25, 0.3) is 5.91 Å². The van der Waals surface area contributed by atoms with Crippen LogP contribution in [0.25, 0.3) is 5.69 Å². The van der Waals surface area contributed by atoms with E-state index in [1.807, 2.05) is 31.2 Å². The largest absolute Gasteiger partial charge is 0.504 e. The molecule has 0 fully saturated rings. The standard InChI is InChI=1S/C18H19N5O2/c1-3-13-6-4-5-7-15(13)23-12-16(24)17(21-23)18(25)22(2)11-14-10-19-8-9-20-14/h4-10,12,24H,3,11H2,1-2H3. The molecule has 0 radical (unpaired) electrons. The van der Waals surface area contributed by atoms with Gasteiger partial charge in [0.1, 0.15) is 0 Å². The summed E-state index contributed by atoms with van der Waals surface area (Å²) in [6.45, 7) is 2.33. The molecule has 0 aliphatic carbocycles. The zero-order valence-corrected chi connectivity index (χ0v) is 14.1. The number of carbonyl (C=O) groups is 1. The molecule has 2 heterocycles. The number of rotatable bonds is 5. The topological polar surface area (TPSA) is 84.1 Å². The highest BCUT2D eigenvalue weighted by Gasteiger charge is 2.21. The summed E-state index contributed by atoms with van der Waals surface area (Å²) in [5.41, 5.74) is 2.60. The molecule has 0 bridgehead atoms. The molecule has 0 saturated carbocycles. The van der Waals surface area contributed by atoms with Crippen LogP contribution in [0.4, 0.5) is 0 Å². The maximum Gasteiger partial charge on any atom is 0.278 e. The third-order valence-electron chi connectivity index (χ3n) is 3.88. The lowest BCUT2D eigenvalue weighted by Crippen LogP contribution is -2.27. The first-order valence-electron chi connectivity index (χ1n) is 7.97. The van der Waals surface area contributed by atoms with E-state index in [1.54, 1.807) is 25.6 Å². The second-order valence-electron chi connectivity index (χ2n) is 5.65. The van der Waals surface area contributed by atoms with Gasteiger partial charge in [-0.05, 0) is 18.1 Å². The average Bonchev–Trinajstić information content (AvgIpc) is 3.03. The third kappa shape index (κ3) is 3.50. The number of benzene rings is 1. The van der Waals surface area contributed by atoms with Crippen LogP contribution in [0.3, 0.4) is 0 Å². The number of aromatic nitrogens is 4. The van der Waals surface area contributed by atoms with E-state index < -0.39 is 0 Å². The van der Waals surface area contributed by atoms with E-state index in [4.69, 9.17) is 0 Å². The van der Waals surface area contributed by atoms with Gasteiger partial charge in [0.2, 0.25) is 0 Å². The first-order valence-corrected chi connectivity index (χ1v) is 7.97. The predicted octanol–water partition coefficient (Wildman–Crippen LogP) is 2.20. The summed E-state index contributed by atoms with van der Waals surface area (Å²) < 4.78 is 1.54. The molecule has 1 aromatic carbocycles. The second kappa shape index (κ2) is 7.12. The van der Waals surface area contributed by atoms with Crippen molar-refractivity contribution in [3.8, 4) is 11.4 Å². The molecule has 0 unspecified atom stereocenters. The normalized spacial score (nSPS) is 10.6. The summed E-state index contributed by atoms with van der Waals surface area (Å²) in [5.74, 6) is -0.530. The first-order chi connectivity index (χ1) is 12.1. The number of para-hydroxylation sites is 1. The molecule has 1 amide bonds. The fourth-order valence-corrected chi connectivity index (χ4v) is 2.58. The Kier molecular flexibility index (Phi) is 4.74. The molecule has 1 N–H and O–H groups in total. The van der Waals surface area contributed by atoms with Crippen LogP contribution in [-0.2, 0) is 13.0 Å². The summed E-state index contributed by atoms with van der Waals surface area (Å²) in [5, 5.41) is 14.5. The Hall–Kier alpha value is -3.22. The Morgan fingerprint density at radius 1 is 1.28 bits per heavy atom. The molecular formula is C18H19N5O2. The minimum atomic E-state index is -0.379. The second-order valence-corrected chi connectivity index (χ2v) is 5.65. The smallest absolute Gasteiger partial charge is 0.278 e. The van der Waals surface area contributed by atoms with Crippen molar-refractivity contribution in [1.29, 1.82) is 0 Å². The fourth-order valence-electron chi connectivity index (χ4n) is 2.58. The number of nitrogens with zero attached hydrogens (tertiary/aromatic N) is 5. The minimum Gasteiger partial charge on any atom is -0.504 e. The molecule has 0 atom stereocenters. The summed E-state index contributed by atoms with van der Waals surface area (Å²) >= 11 is 0. The lowest BCUT2D eigenvalue weighted by molar-refractivity contribution is 0.0774. The average molecular weight is 337 g/mol. The number of aryl methyl sites for hydroxylation is 1. The van der Waals surface area contributed by atoms with Crippen molar-refractivity contribution in [2.75, 3.05) is 7.05 Å². The Morgan fingerprint density at radius 2 is 2.08 bits per heavy atom. The Morgan fingerprint density at radius 3 is 2.80 bits per heavy atom. The summed E-state index contributed by atoms with van der Waals surface area (Å²) in [4.78, 5) is 22.2. The monoisotopic (exact) mass is 337 g/mol. The molecule has 0 aliphatic rings. The highest BCUT2D eigenvalue weighted by Crippen LogP contribution is 2.22. The highest BCUT2D eigenvalue weighted by atomic mass is 16.3. The molecule has 0 aliphatic heterocycles. The van der Waals surface area contributed by atoms with Gasteiger partial charge in [-0.2, -0.15) is 5.10 Å². The van der Waals surface area contributed by atoms with Gasteiger partial charge in [-0.1, -0.05) is 25.1 Å². The zero-order chi connectivity index (χ0) is 17.8. The van der Waals surface area contributed by atoms with Gasteiger partial charge in [-0.3, -0.25) is 14.8 Å². The van der Waals surface area contributed by atoms with Gasteiger partial charge in [0, 0.05) is 19.4 Å². The summed E-state index contributed by atoms with van der Waals surface area (Å²) in [6, 6.07) is 7.75. The molecule has 0 saturated heterocycles. The number of carbonyl (C=O) groups excluding carboxylic acids is 1. The summed E-state index contributed by atoms with van der Waals surface area (Å²) in [6.07, 6.45) is 7.02. The van der Waals surface area contributed by atoms with Crippen LogP contribution in [-0.4, -0.2) is 42.7 Å². The predicted molar refractivity (Wildman–Crippen MR) is 92.4 cm³/mol. The van der Waals surface area contributed by atoms with Gasteiger partial charge in [0.05, 0.1) is 30.3 Å². The minimum absolute atomic E-state index is 0.0114. The van der Waals surface area contributed by atoms with Crippen molar-refractivity contribution in [3.63, 3.8) is 0 Å². The van der Waals surface area contributed by atoms with Crippen molar-refractivity contribution in [3.05, 3.63) is 66.0 Å². The first kappa shape index (κ1) is 16.6. The van der Waals surface area contributed by atoms with E-state index in [2.05, 4.69) is 15.1 Å². The van der Waals surface area contributed by atoms with Crippen molar-refractivity contribution in [2.24, 2.45) is 0 Å². The molecule has 25 heavy (non-hydrogen) atoms. The quantitative estimate of drug-likeness (QED) is 0.771. The lowest BCUT2D eigenvalue weighted by atomic mass is 10.1. The SMILES string of the molecule is CCc1ccccc1-n1cc(O)c(C(=O)N(C)Cc2cnccn2)n1. The summed E-state index contributed by atoms with van der Waals surface area (Å²) in [7, 11) is 1.63. The molecule has 0 spiro atoms. The van der Waals surface area contributed by atoms with E-state index in [-0.39, 0.29) is 23.9 Å². The van der Waals surface area contributed by atoms with Crippen LogP contribution in [0.15, 0.2) is 49.1 Å². The van der Waals surface area contributed by atoms with Crippen LogP contribution >= 0.6 is 0 Å². The van der Waals surface area contributed by atoms with Crippen molar-refractivity contribution >= 4 is 5.91 Å². The molecular weight excluding hydrogens is 318 g/mol. The molecule has 3 aromatic rings. The van der Waals surface area contributed by atoms with Gasteiger partial charge in [-0.25, -0.2) is 4.68 Å².